The minimum Gasteiger partial charge on any atom is -0.493 e. The average molecular weight is 427 g/mol. The summed E-state index contributed by atoms with van der Waals surface area (Å²) in [4.78, 5) is 25.5. The average Bonchev–Trinajstić information content (AvgIpc) is 2.80. The molecule has 2 amide bonds. The monoisotopic (exact) mass is 426 g/mol. The SMILES string of the molecule is CCCC(C)COc1ccc([C@@H](NC(=O)[C@@H](C)c2ccccc2)C(=O)NCCO)cc1. The van der Waals surface area contributed by atoms with E-state index in [1.807, 2.05) is 49.4 Å². The maximum atomic E-state index is 12.8. The molecule has 31 heavy (non-hydrogen) atoms. The maximum absolute atomic E-state index is 12.8. The molecule has 1 unspecified atom stereocenters. The first-order valence-electron chi connectivity index (χ1n) is 10.9. The third-order valence-electron chi connectivity index (χ3n) is 5.18. The highest BCUT2D eigenvalue weighted by atomic mass is 16.5. The van der Waals surface area contributed by atoms with Gasteiger partial charge in [0.05, 0.1) is 19.1 Å². The molecule has 0 spiro atoms. The van der Waals surface area contributed by atoms with Crippen LogP contribution in [0.15, 0.2) is 54.6 Å². The molecule has 3 N–H and O–H groups in total. The lowest BCUT2D eigenvalue weighted by Gasteiger charge is -2.21. The largest absolute Gasteiger partial charge is 0.493 e. The predicted octanol–water partition coefficient (Wildman–Crippen LogP) is 3.57. The number of hydrogen-bond donors (Lipinski definition) is 3. The van der Waals surface area contributed by atoms with E-state index in [-0.39, 0.29) is 25.0 Å². The molecule has 0 aromatic heterocycles. The van der Waals surface area contributed by atoms with E-state index in [4.69, 9.17) is 9.84 Å². The Bertz CT molecular complexity index is 808. The van der Waals surface area contributed by atoms with E-state index >= 15 is 0 Å². The van der Waals surface area contributed by atoms with Gasteiger partial charge >= 0.3 is 0 Å². The second kappa shape index (κ2) is 12.7. The Morgan fingerprint density at radius 2 is 1.65 bits per heavy atom. The van der Waals surface area contributed by atoms with Crippen molar-refractivity contribution in [3.8, 4) is 5.75 Å². The van der Waals surface area contributed by atoms with Crippen molar-refractivity contribution >= 4 is 11.8 Å². The minimum absolute atomic E-state index is 0.121. The zero-order chi connectivity index (χ0) is 22.6. The number of rotatable bonds is 12. The van der Waals surface area contributed by atoms with E-state index in [2.05, 4.69) is 24.5 Å². The van der Waals surface area contributed by atoms with Gasteiger partial charge in [-0.2, -0.15) is 0 Å². The standard InChI is InChI=1S/C25H34N2O4/c1-4-8-18(2)17-31-22-13-11-21(12-14-22)23(25(30)26-15-16-28)27-24(29)19(3)20-9-6-5-7-10-20/h5-7,9-14,18-19,23,28H,4,8,15-17H2,1-3H3,(H,26,30)(H,27,29)/t18?,19-,23+/m0/s1. The van der Waals surface area contributed by atoms with E-state index in [9.17, 15) is 9.59 Å². The molecule has 0 fully saturated rings. The Morgan fingerprint density at radius 1 is 0.968 bits per heavy atom. The van der Waals surface area contributed by atoms with Crippen molar-refractivity contribution in [2.24, 2.45) is 5.92 Å². The van der Waals surface area contributed by atoms with Gasteiger partial charge in [0.15, 0.2) is 0 Å². The fraction of sp³-hybridized carbons (Fsp3) is 0.440. The third kappa shape index (κ3) is 7.72. The van der Waals surface area contributed by atoms with Gasteiger partial charge in [0.2, 0.25) is 11.8 Å². The molecule has 168 valence electrons. The fourth-order valence-corrected chi connectivity index (χ4v) is 3.31. The van der Waals surface area contributed by atoms with Crippen molar-refractivity contribution < 1.29 is 19.4 Å². The van der Waals surface area contributed by atoms with Crippen LogP contribution < -0.4 is 15.4 Å². The zero-order valence-corrected chi connectivity index (χ0v) is 18.6. The molecule has 0 radical (unpaired) electrons. The first-order valence-corrected chi connectivity index (χ1v) is 10.9. The molecule has 0 saturated heterocycles. The van der Waals surface area contributed by atoms with Crippen LogP contribution >= 0.6 is 0 Å². The molecule has 3 atom stereocenters. The van der Waals surface area contributed by atoms with Crippen molar-refractivity contribution in [1.29, 1.82) is 0 Å². The molecule has 2 aromatic rings. The smallest absolute Gasteiger partial charge is 0.247 e. The van der Waals surface area contributed by atoms with Crippen LogP contribution in [-0.4, -0.2) is 36.7 Å². The van der Waals surface area contributed by atoms with Crippen LogP contribution in [0.5, 0.6) is 5.75 Å². The van der Waals surface area contributed by atoms with E-state index in [1.165, 1.54) is 0 Å². The quantitative estimate of drug-likeness (QED) is 0.484. The van der Waals surface area contributed by atoms with Gasteiger partial charge in [-0.3, -0.25) is 9.59 Å². The van der Waals surface area contributed by atoms with Crippen molar-refractivity contribution in [1.82, 2.24) is 10.6 Å². The number of carbonyl (C=O) groups excluding carboxylic acids is 2. The van der Waals surface area contributed by atoms with Gasteiger partial charge < -0.3 is 20.5 Å². The van der Waals surface area contributed by atoms with Gasteiger partial charge in [0.1, 0.15) is 11.8 Å². The van der Waals surface area contributed by atoms with Crippen LogP contribution in [0.3, 0.4) is 0 Å². The van der Waals surface area contributed by atoms with Crippen LogP contribution in [0.4, 0.5) is 0 Å². The van der Waals surface area contributed by atoms with Crippen LogP contribution in [0.2, 0.25) is 0 Å². The lowest BCUT2D eigenvalue weighted by atomic mass is 9.99. The van der Waals surface area contributed by atoms with Gasteiger partial charge in [-0.25, -0.2) is 0 Å². The van der Waals surface area contributed by atoms with Crippen molar-refractivity contribution in [3.05, 3.63) is 65.7 Å². The van der Waals surface area contributed by atoms with Crippen LogP contribution in [0, 0.1) is 5.92 Å². The van der Waals surface area contributed by atoms with E-state index in [0.717, 1.165) is 24.2 Å². The normalized spacial score (nSPS) is 13.7. The van der Waals surface area contributed by atoms with Gasteiger partial charge in [0.25, 0.3) is 0 Å². The molecule has 6 heteroatoms. The number of carbonyl (C=O) groups is 2. The molecule has 2 aromatic carbocycles. The molecule has 0 saturated carbocycles. The Labute approximate surface area is 185 Å². The summed E-state index contributed by atoms with van der Waals surface area (Å²) in [5.41, 5.74) is 1.53. The van der Waals surface area contributed by atoms with Crippen molar-refractivity contribution in [2.45, 2.75) is 45.6 Å². The topological polar surface area (TPSA) is 87.7 Å². The lowest BCUT2D eigenvalue weighted by Crippen LogP contribution is -2.42. The van der Waals surface area contributed by atoms with Crippen LogP contribution in [-0.2, 0) is 9.59 Å². The number of hydrogen-bond acceptors (Lipinski definition) is 4. The highest BCUT2D eigenvalue weighted by molar-refractivity contribution is 5.91. The Morgan fingerprint density at radius 3 is 2.26 bits per heavy atom. The highest BCUT2D eigenvalue weighted by Gasteiger charge is 2.25. The lowest BCUT2D eigenvalue weighted by molar-refractivity contribution is -0.129. The summed E-state index contributed by atoms with van der Waals surface area (Å²) in [6.45, 7) is 6.70. The second-order valence-corrected chi connectivity index (χ2v) is 7.86. The molecule has 0 heterocycles. The number of nitrogens with one attached hydrogen (secondary N) is 2. The van der Waals surface area contributed by atoms with Crippen LogP contribution in [0.1, 0.15) is 56.7 Å². The third-order valence-corrected chi connectivity index (χ3v) is 5.18. The van der Waals surface area contributed by atoms with Gasteiger partial charge in [-0.15, -0.1) is 0 Å². The van der Waals surface area contributed by atoms with Gasteiger partial charge in [-0.1, -0.05) is 62.7 Å². The Balaban J connectivity index is 2.12. The fourth-order valence-electron chi connectivity index (χ4n) is 3.31. The molecule has 0 aliphatic rings. The summed E-state index contributed by atoms with van der Waals surface area (Å²) >= 11 is 0. The summed E-state index contributed by atoms with van der Waals surface area (Å²) in [5, 5.41) is 14.5. The summed E-state index contributed by atoms with van der Waals surface area (Å²) in [6.07, 6.45) is 2.23. The number of ether oxygens (including phenoxy) is 1. The summed E-state index contributed by atoms with van der Waals surface area (Å²) in [5.74, 6) is 0.180. The number of amides is 2. The van der Waals surface area contributed by atoms with Gasteiger partial charge in [-0.05, 0) is 42.5 Å². The molecule has 6 nitrogen and oxygen atoms in total. The second-order valence-electron chi connectivity index (χ2n) is 7.86. The minimum atomic E-state index is -0.863. The van der Waals surface area contributed by atoms with E-state index in [0.29, 0.717) is 18.1 Å². The highest BCUT2D eigenvalue weighted by Crippen LogP contribution is 2.22. The molecular formula is C25H34N2O4. The first-order chi connectivity index (χ1) is 15.0. The van der Waals surface area contributed by atoms with Crippen LogP contribution in [0.25, 0.3) is 0 Å². The van der Waals surface area contributed by atoms with E-state index < -0.39 is 12.0 Å². The summed E-state index contributed by atoms with van der Waals surface area (Å²) in [6, 6.07) is 15.8. The number of aliphatic hydroxyl groups excluding tert-OH is 1. The summed E-state index contributed by atoms with van der Waals surface area (Å²) in [7, 11) is 0. The Kier molecular flexibility index (Phi) is 10.0. The molecule has 0 bridgehead atoms. The van der Waals surface area contributed by atoms with Crippen molar-refractivity contribution in [3.63, 3.8) is 0 Å². The van der Waals surface area contributed by atoms with E-state index in [1.54, 1.807) is 12.1 Å². The number of benzene rings is 2. The number of aliphatic hydroxyl groups is 1. The maximum Gasteiger partial charge on any atom is 0.247 e. The summed E-state index contributed by atoms with van der Waals surface area (Å²) < 4.78 is 5.84. The van der Waals surface area contributed by atoms with Gasteiger partial charge in [0, 0.05) is 6.54 Å². The molecule has 0 aliphatic carbocycles. The Hall–Kier alpha value is -2.86. The molecular weight excluding hydrogens is 392 g/mol. The molecule has 2 rings (SSSR count). The molecule has 0 aliphatic heterocycles. The predicted molar refractivity (Wildman–Crippen MR) is 122 cm³/mol. The zero-order valence-electron chi connectivity index (χ0n) is 18.6. The van der Waals surface area contributed by atoms with Crippen molar-refractivity contribution in [2.75, 3.05) is 19.8 Å². The first kappa shape index (κ1) is 24.4.